The summed E-state index contributed by atoms with van der Waals surface area (Å²) >= 11 is 0. The highest BCUT2D eigenvalue weighted by Gasteiger charge is 2.12. The molecule has 1 amide bonds. The molecule has 0 aliphatic rings. The molecule has 3 aromatic rings. The molecule has 1 aromatic carbocycles. The van der Waals surface area contributed by atoms with Crippen molar-refractivity contribution in [1.29, 1.82) is 0 Å². The molecular weight excluding hydrogens is 432 g/mol. The van der Waals surface area contributed by atoms with E-state index < -0.39 is 0 Å². The minimum atomic E-state index is -0.117. The van der Waals surface area contributed by atoms with Crippen LogP contribution in [-0.2, 0) is 13.1 Å². The van der Waals surface area contributed by atoms with Crippen molar-refractivity contribution in [3.63, 3.8) is 0 Å². The topological polar surface area (TPSA) is 59.8 Å². The summed E-state index contributed by atoms with van der Waals surface area (Å²) in [5.41, 5.74) is 2.71. The molecule has 0 fully saturated rings. The van der Waals surface area contributed by atoms with Gasteiger partial charge in [0.1, 0.15) is 5.82 Å². The van der Waals surface area contributed by atoms with Crippen molar-refractivity contribution in [3.05, 3.63) is 60.2 Å². The van der Waals surface area contributed by atoms with E-state index in [4.69, 9.17) is 4.98 Å². The summed E-state index contributed by atoms with van der Waals surface area (Å²) in [6.45, 7) is 3.64. The summed E-state index contributed by atoms with van der Waals surface area (Å²) < 4.78 is 2.28. The molecule has 190 valence electrons. The number of aryl methyl sites for hydroxylation is 1. The van der Waals surface area contributed by atoms with Gasteiger partial charge in [-0.15, -0.1) is 0 Å². The second kappa shape index (κ2) is 16.1. The number of fused-ring (bicyclic) bond motifs is 1. The predicted molar refractivity (Wildman–Crippen MR) is 145 cm³/mol. The molecule has 5 heteroatoms. The molecular formula is C30H44N4O. The lowest BCUT2D eigenvalue weighted by Gasteiger charge is -2.10. The van der Waals surface area contributed by atoms with Gasteiger partial charge in [0.05, 0.1) is 23.1 Å². The first kappa shape index (κ1) is 26.9. The monoisotopic (exact) mass is 476 g/mol. The maximum absolute atomic E-state index is 12.5. The number of imidazole rings is 1. The number of para-hydroxylation sites is 2. The highest BCUT2D eigenvalue weighted by atomic mass is 16.1. The maximum Gasteiger partial charge on any atom is 0.253 e. The molecule has 0 saturated heterocycles. The molecule has 0 radical (unpaired) electrons. The van der Waals surface area contributed by atoms with Gasteiger partial charge >= 0.3 is 0 Å². The third-order valence-electron chi connectivity index (χ3n) is 6.80. The van der Waals surface area contributed by atoms with E-state index >= 15 is 0 Å². The molecule has 0 atom stereocenters. The van der Waals surface area contributed by atoms with E-state index in [0.717, 1.165) is 29.8 Å². The van der Waals surface area contributed by atoms with E-state index in [1.54, 1.807) is 24.5 Å². The van der Waals surface area contributed by atoms with Gasteiger partial charge in [-0.05, 0) is 30.7 Å². The smallest absolute Gasteiger partial charge is 0.253 e. The predicted octanol–water partition coefficient (Wildman–Crippen LogP) is 7.84. The average Bonchev–Trinajstić information content (AvgIpc) is 3.25. The normalized spacial score (nSPS) is 11.2. The van der Waals surface area contributed by atoms with Gasteiger partial charge in [-0.2, -0.15) is 0 Å². The summed E-state index contributed by atoms with van der Waals surface area (Å²) in [6.07, 6.45) is 22.3. The van der Waals surface area contributed by atoms with Crippen LogP contribution in [0.2, 0.25) is 0 Å². The zero-order valence-electron chi connectivity index (χ0n) is 21.7. The largest absolute Gasteiger partial charge is 0.345 e. The minimum absolute atomic E-state index is 0.117. The number of nitrogens with one attached hydrogen (secondary N) is 1. The van der Waals surface area contributed by atoms with Crippen LogP contribution in [0.1, 0.15) is 113 Å². The fourth-order valence-electron chi connectivity index (χ4n) is 4.73. The lowest BCUT2D eigenvalue weighted by molar-refractivity contribution is 0.0949. The molecule has 2 heterocycles. The van der Waals surface area contributed by atoms with E-state index in [9.17, 15) is 4.79 Å². The third kappa shape index (κ3) is 9.46. The van der Waals surface area contributed by atoms with E-state index in [-0.39, 0.29) is 5.91 Å². The first-order chi connectivity index (χ1) is 17.3. The lowest BCUT2D eigenvalue weighted by atomic mass is 10.0. The van der Waals surface area contributed by atoms with Crippen LogP contribution in [0.25, 0.3) is 11.0 Å². The Morgan fingerprint density at radius 2 is 1.43 bits per heavy atom. The van der Waals surface area contributed by atoms with Crippen molar-refractivity contribution >= 4 is 16.9 Å². The summed E-state index contributed by atoms with van der Waals surface area (Å²) in [5.74, 6) is 0.798. The van der Waals surface area contributed by atoms with Crippen LogP contribution in [0.3, 0.4) is 0 Å². The number of carbonyl (C=O) groups excluding carboxylic acids is 1. The summed E-state index contributed by atoms with van der Waals surface area (Å²) in [4.78, 5) is 21.3. The second-order valence-electron chi connectivity index (χ2n) is 9.69. The number of hydrogen-bond acceptors (Lipinski definition) is 3. The Hall–Kier alpha value is -2.69. The van der Waals surface area contributed by atoms with Gasteiger partial charge in [0.2, 0.25) is 0 Å². The minimum Gasteiger partial charge on any atom is -0.345 e. The third-order valence-corrected chi connectivity index (χ3v) is 6.80. The Morgan fingerprint density at radius 3 is 2.06 bits per heavy atom. The quantitative estimate of drug-likeness (QED) is 0.190. The summed E-state index contributed by atoms with van der Waals surface area (Å²) in [7, 11) is 0. The molecule has 0 unspecified atom stereocenters. The zero-order valence-corrected chi connectivity index (χ0v) is 21.7. The number of pyridine rings is 1. The molecule has 0 saturated carbocycles. The number of hydrogen-bond donors (Lipinski definition) is 1. The Balaban J connectivity index is 1.34. The Bertz CT molecular complexity index is 982. The van der Waals surface area contributed by atoms with Gasteiger partial charge < -0.3 is 9.88 Å². The van der Waals surface area contributed by atoms with Crippen LogP contribution in [0.5, 0.6) is 0 Å². The summed E-state index contributed by atoms with van der Waals surface area (Å²) in [6, 6.07) is 11.8. The Morgan fingerprint density at radius 1 is 0.800 bits per heavy atom. The van der Waals surface area contributed by atoms with Crippen molar-refractivity contribution in [3.8, 4) is 0 Å². The fourth-order valence-corrected chi connectivity index (χ4v) is 4.73. The molecule has 3 rings (SSSR count). The first-order valence-corrected chi connectivity index (χ1v) is 13.9. The maximum atomic E-state index is 12.5. The van der Waals surface area contributed by atoms with Crippen LogP contribution in [0.15, 0.2) is 48.8 Å². The molecule has 2 aromatic heterocycles. The van der Waals surface area contributed by atoms with Crippen LogP contribution < -0.4 is 5.32 Å². The van der Waals surface area contributed by atoms with E-state index in [1.165, 1.54) is 83.5 Å². The Labute approximate surface area is 211 Å². The number of carbonyl (C=O) groups is 1. The van der Waals surface area contributed by atoms with Gasteiger partial charge in [-0.1, -0.05) is 103 Å². The van der Waals surface area contributed by atoms with Crippen molar-refractivity contribution in [2.45, 2.75) is 110 Å². The van der Waals surface area contributed by atoms with Gasteiger partial charge in [-0.3, -0.25) is 9.78 Å². The van der Waals surface area contributed by atoms with Crippen LogP contribution in [-0.4, -0.2) is 20.4 Å². The standard InChI is InChI=1S/C30H44N4O/c1-2-3-4-5-6-7-8-9-10-11-12-13-14-17-23-34-28-21-16-15-20-27(28)33-29(34)25-32-30(35)26-19-18-22-31-24-26/h15-16,18-22,24H,2-14,17,23,25H2,1H3,(H,32,35). The molecule has 5 nitrogen and oxygen atoms in total. The first-order valence-electron chi connectivity index (χ1n) is 13.9. The number of amides is 1. The van der Waals surface area contributed by atoms with Crippen LogP contribution in [0.4, 0.5) is 0 Å². The van der Waals surface area contributed by atoms with Gasteiger partial charge in [0, 0.05) is 18.9 Å². The number of aromatic nitrogens is 3. The average molecular weight is 477 g/mol. The van der Waals surface area contributed by atoms with Gasteiger partial charge in [0.25, 0.3) is 5.91 Å². The number of unbranched alkanes of at least 4 members (excludes halogenated alkanes) is 13. The Kier molecular flexibility index (Phi) is 12.4. The SMILES string of the molecule is CCCCCCCCCCCCCCCCn1c(CNC(=O)c2cccnc2)nc2ccccc21. The van der Waals surface area contributed by atoms with Gasteiger partial charge in [-0.25, -0.2) is 4.98 Å². The molecule has 0 aliphatic carbocycles. The number of nitrogens with zero attached hydrogens (tertiary/aromatic N) is 3. The van der Waals surface area contributed by atoms with Crippen LogP contribution in [0, 0.1) is 0 Å². The van der Waals surface area contributed by atoms with E-state index in [1.807, 2.05) is 12.1 Å². The van der Waals surface area contributed by atoms with Gasteiger partial charge in [0.15, 0.2) is 0 Å². The molecule has 1 N–H and O–H groups in total. The van der Waals surface area contributed by atoms with Crippen molar-refractivity contribution in [2.24, 2.45) is 0 Å². The van der Waals surface area contributed by atoms with E-state index in [0.29, 0.717) is 12.1 Å². The van der Waals surface area contributed by atoms with Crippen molar-refractivity contribution in [2.75, 3.05) is 0 Å². The van der Waals surface area contributed by atoms with Crippen molar-refractivity contribution in [1.82, 2.24) is 19.9 Å². The second-order valence-corrected chi connectivity index (χ2v) is 9.69. The van der Waals surface area contributed by atoms with Crippen LogP contribution >= 0.6 is 0 Å². The molecule has 0 aliphatic heterocycles. The highest BCUT2D eigenvalue weighted by Crippen LogP contribution is 2.18. The number of benzene rings is 1. The van der Waals surface area contributed by atoms with Crippen molar-refractivity contribution < 1.29 is 4.79 Å². The lowest BCUT2D eigenvalue weighted by Crippen LogP contribution is -2.24. The fraction of sp³-hybridized carbons (Fsp3) is 0.567. The molecule has 0 bridgehead atoms. The zero-order chi connectivity index (χ0) is 24.6. The summed E-state index contributed by atoms with van der Waals surface area (Å²) in [5, 5.41) is 3.01. The molecule has 35 heavy (non-hydrogen) atoms. The number of rotatable bonds is 18. The highest BCUT2D eigenvalue weighted by molar-refractivity contribution is 5.93. The van der Waals surface area contributed by atoms with E-state index in [2.05, 4.69) is 33.9 Å². The molecule has 0 spiro atoms.